The standard InChI is InChI=1S/C10H17F2NO3/c1-16-5-4-10(11,12)8-6-7(14)2-3-9(8)13-15/h7-8,14-15H,2-6H2,1H3. The highest BCUT2D eigenvalue weighted by molar-refractivity contribution is 5.87. The van der Waals surface area contributed by atoms with Crippen LogP contribution in [-0.2, 0) is 4.74 Å². The summed E-state index contributed by atoms with van der Waals surface area (Å²) in [6.07, 6.45) is -0.652. The van der Waals surface area contributed by atoms with E-state index >= 15 is 0 Å². The Morgan fingerprint density at radius 3 is 2.81 bits per heavy atom. The minimum Gasteiger partial charge on any atom is -0.411 e. The van der Waals surface area contributed by atoms with E-state index in [2.05, 4.69) is 9.89 Å². The first-order valence-electron chi connectivity index (χ1n) is 5.27. The second-order valence-electron chi connectivity index (χ2n) is 4.08. The number of rotatable bonds is 4. The number of hydrogen-bond acceptors (Lipinski definition) is 4. The van der Waals surface area contributed by atoms with Crippen LogP contribution in [0.1, 0.15) is 25.7 Å². The van der Waals surface area contributed by atoms with Gasteiger partial charge in [-0.25, -0.2) is 8.78 Å². The van der Waals surface area contributed by atoms with Crippen LogP contribution in [-0.4, -0.2) is 41.8 Å². The number of halogens is 2. The van der Waals surface area contributed by atoms with Crippen molar-refractivity contribution in [2.45, 2.75) is 37.7 Å². The van der Waals surface area contributed by atoms with Crippen LogP contribution in [0.3, 0.4) is 0 Å². The van der Waals surface area contributed by atoms with E-state index in [9.17, 15) is 13.9 Å². The third-order valence-electron chi connectivity index (χ3n) is 2.92. The molecule has 0 bridgehead atoms. The van der Waals surface area contributed by atoms with Crippen molar-refractivity contribution in [1.82, 2.24) is 0 Å². The van der Waals surface area contributed by atoms with Gasteiger partial charge in [-0.2, -0.15) is 0 Å². The number of hydrogen-bond donors (Lipinski definition) is 2. The van der Waals surface area contributed by atoms with Gasteiger partial charge in [-0.05, 0) is 19.3 Å². The van der Waals surface area contributed by atoms with Crippen LogP contribution < -0.4 is 0 Å². The van der Waals surface area contributed by atoms with E-state index < -0.39 is 24.4 Å². The zero-order chi connectivity index (χ0) is 12.2. The molecule has 1 fully saturated rings. The van der Waals surface area contributed by atoms with Crippen LogP contribution in [0, 0.1) is 5.92 Å². The Morgan fingerprint density at radius 1 is 1.56 bits per heavy atom. The van der Waals surface area contributed by atoms with Gasteiger partial charge in [0.1, 0.15) is 0 Å². The highest BCUT2D eigenvalue weighted by atomic mass is 19.3. The maximum Gasteiger partial charge on any atom is 0.258 e. The number of ether oxygens (including phenoxy) is 1. The predicted octanol–water partition coefficient (Wildman–Crippen LogP) is 1.65. The summed E-state index contributed by atoms with van der Waals surface area (Å²) in [5.41, 5.74) is 0.0754. The molecule has 1 saturated carbocycles. The van der Waals surface area contributed by atoms with Gasteiger partial charge in [0, 0.05) is 13.5 Å². The van der Waals surface area contributed by atoms with E-state index in [0.29, 0.717) is 6.42 Å². The Bertz CT molecular complexity index is 258. The molecule has 0 radical (unpaired) electrons. The minimum absolute atomic E-state index is 0.0572. The van der Waals surface area contributed by atoms with Gasteiger partial charge in [-0.15, -0.1) is 0 Å². The maximum atomic E-state index is 13.7. The fourth-order valence-corrected chi connectivity index (χ4v) is 1.96. The molecule has 0 aliphatic heterocycles. The van der Waals surface area contributed by atoms with Crippen molar-refractivity contribution in [3.05, 3.63) is 0 Å². The summed E-state index contributed by atoms with van der Waals surface area (Å²) in [5, 5.41) is 21.0. The lowest BCUT2D eigenvalue weighted by Gasteiger charge is -2.32. The van der Waals surface area contributed by atoms with Gasteiger partial charge < -0.3 is 15.1 Å². The monoisotopic (exact) mass is 237 g/mol. The van der Waals surface area contributed by atoms with Crippen molar-refractivity contribution >= 4 is 5.71 Å². The molecule has 0 heterocycles. The fourth-order valence-electron chi connectivity index (χ4n) is 1.96. The number of aliphatic hydroxyl groups is 1. The summed E-state index contributed by atoms with van der Waals surface area (Å²) >= 11 is 0. The van der Waals surface area contributed by atoms with Crippen molar-refractivity contribution in [3.63, 3.8) is 0 Å². The van der Waals surface area contributed by atoms with Crippen LogP contribution in [0.25, 0.3) is 0 Å². The van der Waals surface area contributed by atoms with Crippen LogP contribution in [0.15, 0.2) is 5.16 Å². The molecule has 1 rings (SSSR count). The van der Waals surface area contributed by atoms with E-state index in [1.165, 1.54) is 7.11 Å². The molecule has 16 heavy (non-hydrogen) atoms. The third kappa shape index (κ3) is 3.12. The third-order valence-corrected chi connectivity index (χ3v) is 2.92. The quantitative estimate of drug-likeness (QED) is 0.577. The molecule has 6 heteroatoms. The lowest BCUT2D eigenvalue weighted by Crippen LogP contribution is -2.41. The van der Waals surface area contributed by atoms with Crippen molar-refractivity contribution in [2.75, 3.05) is 13.7 Å². The Balaban J connectivity index is 2.72. The normalized spacial score (nSPS) is 29.6. The lowest BCUT2D eigenvalue weighted by atomic mass is 9.80. The van der Waals surface area contributed by atoms with Crippen LogP contribution in [0.4, 0.5) is 8.78 Å². The van der Waals surface area contributed by atoms with Crippen molar-refractivity contribution in [3.8, 4) is 0 Å². The molecule has 0 amide bonds. The molecule has 0 aromatic heterocycles. The Labute approximate surface area is 92.9 Å². The second-order valence-corrected chi connectivity index (χ2v) is 4.08. The molecule has 1 aliphatic rings. The van der Waals surface area contributed by atoms with E-state index in [4.69, 9.17) is 5.21 Å². The first-order valence-corrected chi connectivity index (χ1v) is 5.27. The molecule has 0 aromatic carbocycles. The van der Waals surface area contributed by atoms with Gasteiger partial charge in [-0.3, -0.25) is 0 Å². The van der Waals surface area contributed by atoms with Crippen LogP contribution in [0.2, 0.25) is 0 Å². The minimum atomic E-state index is -3.00. The number of alkyl halides is 2. The molecular formula is C10H17F2NO3. The number of nitrogens with zero attached hydrogens (tertiary/aromatic N) is 1. The lowest BCUT2D eigenvalue weighted by molar-refractivity contribution is -0.0731. The van der Waals surface area contributed by atoms with Crippen LogP contribution in [0.5, 0.6) is 0 Å². The molecule has 0 aromatic rings. The summed E-state index contributed by atoms with van der Waals surface area (Å²) in [4.78, 5) is 0. The van der Waals surface area contributed by atoms with E-state index in [1.54, 1.807) is 0 Å². The van der Waals surface area contributed by atoms with E-state index in [0.717, 1.165) is 0 Å². The largest absolute Gasteiger partial charge is 0.411 e. The number of oxime groups is 1. The molecule has 1 aliphatic carbocycles. The van der Waals surface area contributed by atoms with E-state index in [1.807, 2.05) is 0 Å². The molecule has 0 saturated heterocycles. The van der Waals surface area contributed by atoms with Gasteiger partial charge >= 0.3 is 0 Å². The Hall–Kier alpha value is -0.750. The van der Waals surface area contributed by atoms with Crippen molar-refractivity contribution < 1.29 is 23.8 Å². The summed E-state index contributed by atoms with van der Waals surface area (Å²) in [5.74, 6) is -4.18. The maximum absolute atomic E-state index is 13.7. The molecule has 2 N–H and O–H groups in total. The SMILES string of the molecule is COCCC(F)(F)C1CC(O)CCC1=NO. The van der Waals surface area contributed by atoms with Gasteiger partial charge in [0.15, 0.2) is 0 Å². The summed E-state index contributed by atoms with van der Waals surface area (Å²) in [6, 6.07) is 0. The van der Waals surface area contributed by atoms with Gasteiger partial charge in [-0.1, -0.05) is 5.16 Å². The Kier molecular flexibility index (Phi) is 4.61. The number of aliphatic hydroxyl groups excluding tert-OH is 1. The summed E-state index contributed by atoms with van der Waals surface area (Å²) in [7, 11) is 1.35. The average molecular weight is 237 g/mol. The first kappa shape index (κ1) is 13.3. The van der Waals surface area contributed by atoms with Crippen molar-refractivity contribution in [2.24, 2.45) is 11.1 Å². The molecule has 94 valence electrons. The van der Waals surface area contributed by atoms with Gasteiger partial charge in [0.2, 0.25) is 0 Å². The average Bonchev–Trinajstić information content (AvgIpc) is 2.26. The van der Waals surface area contributed by atoms with E-state index in [-0.39, 0.29) is 25.2 Å². The predicted molar refractivity (Wildman–Crippen MR) is 54.0 cm³/mol. The fraction of sp³-hybridized carbons (Fsp3) is 0.900. The highest BCUT2D eigenvalue weighted by Gasteiger charge is 2.45. The molecule has 2 atom stereocenters. The summed E-state index contributed by atoms with van der Waals surface area (Å²) < 4.78 is 32.1. The molecule has 2 unspecified atom stereocenters. The van der Waals surface area contributed by atoms with Crippen LogP contribution >= 0.6 is 0 Å². The van der Waals surface area contributed by atoms with Crippen molar-refractivity contribution in [1.29, 1.82) is 0 Å². The van der Waals surface area contributed by atoms with Gasteiger partial charge in [0.25, 0.3) is 5.92 Å². The van der Waals surface area contributed by atoms with Gasteiger partial charge in [0.05, 0.1) is 24.3 Å². The first-order chi connectivity index (χ1) is 7.51. The smallest absolute Gasteiger partial charge is 0.258 e. The second kappa shape index (κ2) is 5.54. The number of methoxy groups -OCH3 is 1. The Morgan fingerprint density at radius 2 is 2.25 bits per heavy atom. The highest BCUT2D eigenvalue weighted by Crippen LogP contribution is 2.37. The topological polar surface area (TPSA) is 62.0 Å². The molecule has 4 nitrogen and oxygen atoms in total. The zero-order valence-electron chi connectivity index (χ0n) is 9.20. The molecule has 0 spiro atoms. The summed E-state index contributed by atoms with van der Waals surface area (Å²) in [6.45, 7) is -0.0572. The zero-order valence-corrected chi connectivity index (χ0v) is 9.20. The molecular weight excluding hydrogens is 220 g/mol.